The summed E-state index contributed by atoms with van der Waals surface area (Å²) in [7, 11) is 0. The molecule has 0 spiro atoms. The molecule has 2 aromatic rings. The van der Waals surface area contributed by atoms with Gasteiger partial charge in [0.2, 0.25) is 0 Å². The van der Waals surface area contributed by atoms with E-state index in [1.165, 1.54) is 11.1 Å². The van der Waals surface area contributed by atoms with Crippen molar-refractivity contribution in [3.63, 3.8) is 0 Å². The molecule has 0 atom stereocenters. The van der Waals surface area contributed by atoms with E-state index in [0.29, 0.717) is 0 Å². The van der Waals surface area contributed by atoms with E-state index >= 15 is 0 Å². The molecule has 3 nitrogen and oxygen atoms in total. The van der Waals surface area contributed by atoms with E-state index < -0.39 is 5.60 Å². The van der Waals surface area contributed by atoms with Gasteiger partial charge in [0.25, 0.3) is 0 Å². The molecule has 0 unspecified atom stereocenters. The first kappa shape index (κ1) is 17.9. The van der Waals surface area contributed by atoms with Crippen LogP contribution >= 0.6 is 0 Å². The monoisotopic (exact) mass is 323 g/mol. The number of rotatable bonds is 4. The van der Waals surface area contributed by atoms with E-state index in [4.69, 9.17) is 4.74 Å². The van der Waals surface area contributed by atoms with Gasteiger partial charge < -0.3 is 4.74 Å². The lowest BCUT2D eigenvalue weighted by Crippen LogP contribution is -2.25. The van der Waals surface area contributed by atoms with Gasteiger partial charge in [-0.2, -0.15) is 0 Å². The van der Waals surface area contributed by atoms with Gasteiger partial charge in [-0.3, -0.25) is 9.79 Å². The Kier molecular flexibility index (Phi) is 5.55. The number of carbonyl (C=O) groups is 1. The highest BCUT2D eigenvalue weighted by Gasteiger charge is 2.16. The first-order valence-corrected chi connectivity index (χ1v) is 8.15. The summed E-state index contributed by atoms with van der Waals surface area (Å²) in [6.07, 6.45) is 0. The summed E-state index contributed by atoms with van der Waals surface area (Å²) in [4.78, 5) is 16.6. The third-order valence-electron chi connectivity index (χ3n) is 3.44. The Hall–Kier alpha value is -2.42. The number of ether oxygens (including phenoxy) is 1. The van der Waals surface area contributed by atoms with Gasteiger partial charge in [0.05, 0.1) is 5.71 Å². The molecule has 0 saturated heterocycles. The minimum absolute atomic E-state index is 0.00829. The van der Waals surface area contributed by atoms with Crippen LogP contribution in [0.25, 0.3) is 0 Å². The number of hydrogen-bond donors (Lipinski definition) is 0. The van der Waals surface area contributed by atoms with E-state index in [-0.39, 0.29) is 12.5 Å². The molecule has 24 heavy (non-hydrogen) atoms. The van der Waals surface area contributed by atoms with Crippen LogP contribution in [0.15, 0.2) is 53.5 Å². The molecular formula is C21H25NO2. The van der Waals surface area contributed by atoms with Crippen LogP contribution < -0.4 is 0 Å². The molecule has 0 aliphatic rings. The molecule has 0 bridgehead atoms. The van der Waals surface area contributed by atoms with Crippen LogP contribution in [0.1, 0.15) is 43.0 Å². The van der Waals surface area contributed by atoms with Crippen LogP contribution in [0.4, 0.5) is 0 Å². The fourth-order valence-corrected chi connectivity index (χ4v) is 2.29. The largest absolute Gasteiger partial charge is 0.459 e. The van der Waals surface area contributed by atoms with Crippen molar-refractivity contribution in [3.05, 3.63) is 70.8 Å². The zero-order valence-corrected chi connectivity index (χ0v) is 15.1. The van der Waals surface area contributed by atoms with Gasteiger partial charge in [0.1, 0.15) is 12.1 Å². The summed E-state index contributed by atoms with van der Waals surface area (Å²) in [5.41, 5.74) is 4.67. The second-order valence-corrected chi connectivity index (χ2v) is 6.98. The molecule has 0 amide bonds. The van der Waals surface area contributed by atoms with Gasteiger partial charge in [-0.25, -0.2) is 0 Å². The molecule has 0 N–H and O–H groups in total. The highest BCUT2D eigenvalue weighted by molar-refractivity contribution is 6.13. The maximum Gasteiger partial charge on any atom is 0.328 e. The molecule has 126 valence electrons. The zero-order valence-electron chi connectivity index (χ0n) is 15.1. The zero-order chi connectivity index (χ0) is 17.7. The highest BCUT2D eigenvalue weighted by atomic mass is 16.6. The van der Waals surface area contributed by atoms with E-state index in [2.05, 4.69) is 4.99 Å². The molecule has 0 aliphatic carbocycles. The minimum atomic E-state index is -0.500. The van der Waals surface area contributed by atoms with Crippen molar-refractivity contribution >= 4 is 11.7 Å². The molecule has 0 heterocycles. The van der Waals surface area contributed by atoms with E-state index in [1.54, 1.807) is 0 Å². The Balaban J connectivity index is 2.32. The van der Waals surface area contributed by atoms with Crippen molar-refractivity contribution in [3.8, 4) is 0 Å². The van der Waals surface area contributed by atoms with Crippen molar-refractivity contribution in [1.82, 2.24) is 0 Å². The Morgan fingerprint density at radius 1 is 0.875 bits per heavy atom. The van der Waals surface area contributed by atoms with E-state index in [0.717, 1.165) is 16.8 Å². The van der Waals surface area contributed by atoms with Gasteiger partial charge in [0.15, 0.2) is 0 Å². The first-order valence-electron chi connectivity index (χ1n) is 8.15. The van der Waals surface area contributed by atoms with Gasteiger partial charge in [-0.15, -0.1) is 0 Å². The number of hydrogen-bond acceptors (Lipinski definition) is 3. The topological polar surface area (TPSA) is 38.7 Å². The Morgan fingerprint density at radius 3 is 1.67 bits per heavy atom. The summed E-state index contributed by atoms with van der Waals surface area (Å²) >= 11 is 0. The lowest BCUT2D eigenvalue weighted by atomic mass is 10.0. The smallest absolute Gasteiger partial charge is 0.328 e. The molecule has 0 radical (unpaired) electrons. The lowest BCUT2D eigenvalue weighted by molar-refractivity contribution is -0.152. The Labute approximate surface area is 144 Å². The van der Waals surface area contributed by atoms with Crippen LogP contribution in [0.2, 0.25) is 0 Å². The van der Waals surface area contributed by atoms with Gasteiger partial charge in [-0.1, -0.05) is 59.7 Å². The highest BCUT2D eigenvalue weighted by Crippen LogP contribution is 2.14. The van der Waals surface area contributed by atoms with Crippen LogP contribution in [0, 0.1) is 13.8 Å². The summed E-state index contributed by atoms with van der Waals surface area (Å²) in [6, 6.07) is 16.3. The first-order chi connectivity index (χ1) is 11.2. The molecule has 0 aliphatic heterocycles. The van der Waals surface area contributed by atoms with Crippen LogP contribution in [-0.2, 0) is 9.53 Å². The quantitative estimate of drug-likeness (QED) is 0.614. The maximum atomic E-state index is 12.0. The van der Waals surface area contributed by atoms with E-state index in [1.807, 2.05) is 83.1 Å². The fraction of sp³-hybridized carbons (Fsp3) is 0.333. The number of aryl methyl sites for hydroxylation is 2. The predicted molar refractivity (Wildman–Crippen MR) is 98.7 cm³/mol. The van der Waals surface area contributed by atoms with E-state index in [9.17, 15) is 4.79 Å². The number of esters is 1. The van der Waals surface area contributed by atoms with Crippen molar-refractivity contribution in [2.75, 3.05) is 6.54 Å². The molecule has 2 rings (SSSR count). The van der Waals surface area contributed by atoms with Gasteiger partial charge >= 0.3 is 5.97 Å². The average Bonchev–Trinajstić information content (AvgIpc) is 2.49. The van der Waals surface area contributed by atoms with Crippen LogP contribution in [-0.4, -0.2) is 23.8 Å². The number of carbonyl (C=O) groups excluding carboxylic acids is 1. The molecule has 0 aromatic heterocycles. The predicted octanol–water partition coefficient (Wildman–Crippen LogP) is 4.48. The van der Waals surface area contributed by atoms with Crippen molar-refractivity contribution in [1.29, 1.82) is 0 Å². The summed E-state index contributed by atoms with van der Waals surface area (Å²) in [5.74, 6) is -0.320. The third kappa shape index (κ3) is 5.34. The summed E-state index contributed by atoms with van der Waals surface area (Å²) in [6.45, 7) is 9.68. The normalized spacial score (nSPS) is 11.0. The number of aliphatic imine (C=N–C) groups is 1. The lowest BCUT2D eigenvalue weighted by Gasteiger charge is -2.19. The molecule has 3 heteroatoms. The number of benzene rings is 2. The van der Waals surface area contributed by atoms with Gasteiger partial charge in [-0.05, 0) is 34.6 Å². The van der Waals surface area contributed by atoms with Crippen molar-refractivity contribution in [2.45, 2.75) is 40.2 Å². The van der Waals surface area contributed by atoms with Crippen LogP contribution in [0.5, 0.6) is 0 Å². The second kappa shape index (κ2) is 7.43. The molecule has 0 saturated carbocycles. The fourth-order valence-electron chi connectivity index (χ4n) is 2.29. The Morgan fingerprint density at radius 2 is 1.29 bits per heavy atom. The SMILES string of the molecule is Cc1ccc(C(=NCC(=O)OC(C)(C)C)c2ccc(C)cc2)cc1. The molecule has 0 fully saturated rings. The summed E-state index contributed by atoms with van der Waals surface area (Å²) in [5, 5.41) is 0. The maximum absolute atomic E-state index is 12.0. The molecule has 2 aromatic carbocycles. The summed E-state index contributed by atoms with van der Waals surface area (Å²) < 4.78 is 5.35. The van der Waals surface area contributed by atoms with Crippen molar-refractivity contribution < 1.29 is 9.53 Å². The Bertz CT molecular complexity index is 672. The number of nitrogens with zero attached hydrogens (tertiary/aromatic N) is 1. The average molecular weight is 323 g/mol. The molecular weight excluding hydrogens is 298 g/mol. The van der Waals surface area contributed by atoms with Gasteiger partial charge in [0, 0.05) is 11.1 Å². The second-order valence-electron chi connectivity index (χ2n) is 6.98. The standard InChI is InChI=1S/C21H25NO2/c1-15-6-10-17(11-7-15)20(18-12-8-16(2)9-13-18)22-14-19(23)24-21(3,4)5/h6-13H,14H2,1-5H3. The third-order valence-corrected chi connectivity index (χ3v) is 3.44. The van der Waals surface area contributed by atoms with Crippen molar-refractivity contribution in [2.24, 2.45) is 4.99 Å². The minimum Gasteiger partial charge on any atom is -0.459 e. The van der Waals surface area contributed by atoms with Crippen LogP contribution in [0.3, 0.4) is 0 Å².